The van der Waals surface area contributed by atoms with Gasteiger partial charge in [0.2, 0.25) is 0 Å². The molecule has 2 heterocycles. The van der Waals surface area contributed by atoms with Crippen molar-refractivity contribution in [2.75, 3.05) is 32.8 Å². The minimum atomic E-state index is -0.198. The maximum absolute atomic E-state index is 12.3. The summed E-state index contributed by atoms with van der Waals surface area (Å²) in [5.74, 6) is -0.198. The average molecular weight is 326 g/mol. The predicted molar refractivity (Wildman–Crippen MR) is 90.7 cm³/mol. The Kier molecular flexibility index (Phi) is 5.51. The molecule has 0 aliphatic carbocycles. The number of benzene rings is 1. The highest BCUT2D eigenvalue weighted by atomic mass is 16.5. The zero-order chi connectivity index (χ0) is 16.8. The van der Waals surface area contributed by atoms with Crippen LogP contribution in [-0.4, -0.2) is 53.6 Å². The highest BCUT2D eigenvalue weighted by Crippen LogP contribution is 2.21. The van der Waals surface area contributed by atoms with Crippen LogP contribution < -0.4 is 5.32 Å². The Balaban J connectivity index is 1.69. The van der Waals surface area contributed by atoms with Crippen molar-refractivity contribution in [2.24, 2.45) is 0 Å². The number of nitrogens with one attached hydrogen (secondary N) is 1. The highest BCUT2D eigenvalue weighted by molar-refractivity contribution is 5.91. The van der Waals surface area contributed by atoms with Gasteiger partial charge >= 0.3 is 0 Å². The zero-order valence-corrected chi connectivity index (χ0v) is 13.8. The molecule has 1 aromatic carbocycles. The van der Waals surface area contributed by atoms with E-state index in [2.05, 4.69) is 32.3 Å². The quantitative estimate of drug-likeness (QED) is 0.904. The van der Waals surface area contributed by atoms with Crippen molar-refractivity contribution in [3.05, 3.63) is 59.7 Å². The van der Waals surface area contributed by atoms with E-state index in [-0.39, 0.29) is 11.9 Å². The van der Waals surface area contributed by atoms with E-state index >= 15 is 0 Å². The number of amides is 1. The molecule has 0 spiro atoms. The molecule has 6 nitrogen and oxygen atoms in total. The molecule has 0 radical (unpaired) electrons. The van der Waals surface area contributed by atoms with Gasteiger partial charge in [0.25, 0.3) is 5.91 Å². The fourth-order valence-corrected chi connectivity index (χ4v) is 2.81. The molecular formula is C18H22N4O2. The lowest BCUT2D eigenvalue weighted by Gasteiger charge is -2.34. The van der Waals surface area contributed by atoms with Crippen LogP contribution >= 0.6 is 0 Å². The molecule has 0 bridgehead atoms. The molecule has 1 amide bonds. The van der Waals surface area contributed by atoms with Gasteiger partial charge in [0, 0.05) is 25.8 Å². The Labute approximate surface area is 141 Å². The van der Waals surface area contributed by atoms with Crippen LogP contribution in [0.3, 0.4) is 0 Å². The van der Waals surface area contributed by atoms with Gasteiger partial charge in [0.05, 0.1) is 31.1 Å². The Morgan fingerprint density at radius 2 is 1.96 bits per heavy atom. The van der Waals surface area contributed by atoms with Gasteiger partial charge in [0.15, 0.2) is 0 Å². The van der Waals surface area contributed by atoms with Crippen molar-refractivity contribution in [3.8, 4) is 0 Å². The van der Waals surface area contributed by atoms with E-state index in [0.717, 1.165) is 32.0 Å². The van der Waals surface area contributed by atoms with Gasteiger partial charge in [-0.2, -0.15) is 0 Å². The Morgan fingerprint density at radius 1 is 1.21 bits per heavy atom. The second-order valence-electron chi connectivity index (χ2n) is 5.83. The minimum Gasteiger partial charge on any atom is -0.379 e. The average Bonchev–Trinajstić information content (AvgIpc) is 2.64. The Hall–Kier alpha value is -2.31. The molecule has 3 rings (SSSR count). The molecule has 1 aliphatic heterocycles. The van der Waals surface area contributed by atoms with Gasteiger partial charge in [-0.05, 0) is 12.5 Å². The maximum atomic E-state index is 12.3. The summed E-state index contributed by atoms with van der Waals surface area (Å²) in [6, 6.07) is 10.4. The fourth-order valence-electron chi connectivity index (χ4n) is 2.81. The van der Waals surface area contributed by atoms with E-state index in [9.17, 15) is 4.79 Å². The summed E-state index contributed by atoms with van der Waals surface area (Å²) in [6.45, 7) is 5.54. The standard InChI is InChI=1S/C18H22N4O2/c1-14-11-20-16(12-19-14)18(23)21-13-17(15-5-3-2-4-6-15)22-7-9-24-10-8-22/h2-6,11-12,17H,7-10,13H2,1H3,(H,21,23). The minimum absolute atomic E-state index is 0.123. The van der Waals surface area contributed by atoms with Crippen molar-refractivity contribution >= 4 is 5.91 Å². The Morgan fingerprint density at radius 3 is 2.62 bits per heavy atom. The molecule has 2 aromatic rings. The van der Waals surface area contributed by atoms with E-state index in [0.29, 0.717) is 12.2 Å². The van der Waals surface area contributed by atoms with Crippen LogP contribution in [0.15, 0.2) is 42.7 Å². The van der Waals surface area contributed by atoms with Crippen LogP contribution in [0.4, 0.5) is 0 Å². The van der Waals surface area contributed by atoms with Crippen LogP contribution in [0.2, 0.25) is 0 Å². The van der Waals surface area contributed by atoms with Gasteiger partial charge < -0.3 is 10.1 Å². The van der Waals surface area contributed by atoms with E-state index in [1.165, 1.54) is 11.8 Å². The van der Waals surface area contributed by atoms with Crippen molar-refractivity contribution in [2.45, 2.75) is 13.0 Å². The molecule has 0 saturated carbocycles. The molecule has 1 aromatic heterocycles. The lowest BCUT2D eigenvalue weighted by Crippen LogP contribution is -2.43. The molecule has 1 saturated heterocycles. The van der Waals surface area contributed by atoms with E-state index in [4.69, 9.17) is 4.74 Å². The van der Waals surface area contributed by atoms with Crippen LogP contribution in [0.1, 0.15) is 27.8 Å². The molecule has 24 heavy (non-hydrogen) atoms. The van der Waals surface area contributed by atoms with Crippen LogP contribution in [0.5, 0.6) is 0 Å². The van der Waals surface area contributed by atoms with Crippen molar-refractivity contribution in [3.63, 3.8) is 0 Å². The third-order valence-corrected chi connectivity index (χ3v) is 4.14. The van der Waals surface area contributed by atoms with Gasteiger partial charge in [-0.15, -0.1) is 0 Å². The van der Waals surface area contributed by atoms with Crippen molar-refractivity contribution in [1.82, 2.24) is 20.2 Å². The first-order valence-electron chi connectivity index (χ1n) is 8.17. The van der Waals surface area contributed by atoms with Gasteiger partial charge in [-0.25, -0.2) is 4.98 Å². The smallest absolute Gasteiger partial charge is 0.271 e. The molecule has 1 fully saturated rings. The second kappa shape index (κ2) is 7.99. The normalized spacial score (nSPS) is 16.5. The van der Waals surface area contributed by atoms with Crippen LogP contribution in [0, 0.1) is 6.92 Å². The van der Waals surface area contributed by atoms with E-state index in [1.54, 1.807) is 6.20 Å². The van der Waals surface area contributed by atoms with E-state index in [1.807, 2.05) is 25.1 Å². The molecule has 1 aliphatic rings. The molecule has 6 heteroatoms. The number of carbonyl (C=O) groups excluding carboxylic acids is 1. The SMILES string of the molecule is Cc1cnc(C(=O)NCC(c2ccccc2)N2CCOCC2)cn1. The monoisotopic (exact) mass is 326 g/mol. The number of ether oxygens (including phenoxy) is 1. The second-order valence-corrected chi connectivity index (χ2v) is 5.83. The highest BCUT2D eigenvalue weighted by Gasteiger charge is 2.23. The molecule has 126 valence electrons. The summed E-state index contributed by atoms with van der Waals surface area (Å²) in [6.07, 6.45) is 3.11. The molecule has 1 N–H and O–H groups in total. The van der Waals surface area contributed by atoms with Gasteiger partial charge in [0.1, 0.15) is 5.69 Å². The van der Waals surface area contributed by atoms with E-state index < -0.39 is 0 Å². The number of morpholine rings is 1. The summed E-state index contributed by atoms with van der Waals surface area (Å²) in [7, 11) is 0. The molecular weight excluding hydrogens is 304 g/mol. The predicted octanol–water partition coefficient (Wildman–Crippen LogP) is 1.59. The van der Waals surface area contributed by atoms with Crippen LogP contribution in [-0.2, 0) is 4.74 Å². The number of nitrogens with zero attached hydrogens (tertiary/aromatic N) is 3. The lowest BCUT2D eigenvalue weighted by atomic mass is 10.0. The van der Waals surface area contributed by atoms with Crippen molar-refractivity contribution in [1.29, 1.82) is 0 Å². The number of hydrogen-bond acceptors (Lipinski definition) is 5. The maximum Gasteiger partial charge on any atom is 0.271 e. The van der Waals surface area contributed by atoms with Crippen molar-refractivity contribution < 1.29 is 9.53 Å². The van der Waals surface area contributed by atoms with Gasteiger partial charge in [-0.1, -0.05) is 30.3 Å². The Bertz CT molecular complexity index is 654. The fraction of sp³-hybridized carbons (Fsp3) is 0.389. The summed E-state index contributed by atoms with van der Waals surface area (Å²) in [5, 5.41) is 2.99. The first-order chi connectivity index (χ1) is 11.7. The topological polar surface area (TPSA) is 67.4 Å². The summed E-state index contributed by atoms with van der Waals surface area (Å²) >= 11 is 0. The summed E-state index contributed by atoms with van der Waals surface area (Å²) in [5.41, 5.74) is 2.33. The number of hydrogen-bond donors (Lipinski definition) is 1. The summed E-state index contributed by atoms with van der Waals surface area (Å²) in [4.78, 5) is 22.9. The number of carbonyl (C=O) groups is 1. The zero-order valence-electron chi connectivity index (χ0n) is 13.8. The van der Waals surface area contributed by atoms with Crippen LogP contribution in [0.25, 0.3) is 0 Å². The molecule has 1 atom stereocenters. The van der Waals surface area contributed by atoms with Gasteiger partial charge in [-0.3, -0.25) is 14.7 Å². The lowest BCUT2D eigenvalue weighted by molar-refractivity contribution is 0.0162. The summed E-state index contributed by atoms with van der Waals surface area (Å²) < 4.78 is 5.44. The third kappa shape index (κ3) is 4.15. The number of aromatic nitrogens is 2. The first-order valence-corrected chi connectivity index (χ1v) is 8.17. The largest absolute Gasteiger partial charge is 0.379 e. The first kappa shape index (κ1) is 16.5. The molecule has 1 unspecified atom stereocenters. The number of rotatable bonds is 5. The third-order valence-electron chi connectivity index (χ3n) is 4.14. The number of aryl methyl sites for hydroxylation is 1.